The first-order chi connectivity index (χ1) is 9.65. The third kappa shape index (κ3) is 7.12. The fraction of sp³-hybridized carbons (Fsp3) is 1.00. The molecule has 0 amide bonds. The van der Waals surface area contributed by atoms with E-state index in [-0.39, 0.29) is 5.54 Å². The number of hydrogen-bond donors (Lipinski definition) is 1. The zero-order valence-electron chi connectivity index (χ0n) is 15.6. The summed E-state index contributed by atoms with van der Waals surface area (Å²) in [6.07, 6.45) is 2.58. The SMILES string of the molecule is CCCC(C)(CNC(C)(C)C)CN1CCN(C(C)C)CC1. The Morgan fingerprint density at radius 3 is 2.00 bits per heavy atom. The van der Waals surface area contributed by atoms with E-state index in [1.54, 1.807) is 0 Å². The zero-order valence-corrected chi connectivity index (χ0v) is 15.6. The summed E-state index contributed by atoms with van der Waals surface area (Å²) in [7, 11) is 0. The number of nitrogens with zero attached hydrogens (tertiary/aromatic N) is 2. The Kier molecular flexibility index (Phi) is 7.15. The largest absolute Gasteiger partial charge is 0.311 e. The van der Waals surface area contributed by atoms with Crippen LogP contribution >= 0.6 is 0 Å². The molecule has 126 valence electrons. The van der Waals surface area contributed by atoms with Gasteiger partial charge in [-0.1, -0.05) is 20.3 Å². The standard InChI is InChI=1S/C18H39N3/c1-8-9-18(7,14-19-17(4,5)6)15-20-10-12-21(13-11-20)16(2)3/h16,19H,8-15H2,1-7H3. The van der Waals surface area contributed by atoms with Gasteiger partial charge in [0.15, 0.2) is 0 Å². The molecule has 1 aliphatic rings. The topological polar surface area (TPSA) is 18.5 Å². The molecule has 21 heavy (non-hydrogen) atoms. The second-order valence-electron chi connectivity index (χ2n) is 8.57. The van der Waals surface area contributed by atoms with Gasteiger partial charge in [-0.25, -0.2) is 0 Å². The van der Waals surface area contributed by atoms with Gasteiger partial charge in [0, 0.05) is 50.8 Å². The van der Waals surface area contributed by atoms with Gasteiger partial charge in [0.2, 0.25) is 0 Å². The molecule has 0 spiro atoms. The fourth-order valence-electron chi connectivity index (χ4n) is 3.28. The van der Waals surface area contributed by atoms with Crippen molar-refractivity contribution in [3.63, 3.8) is 0 Å². The highest BCUT2D eigenvalue weighted by atomic mass is 15.3. The third-order valence-electron chi connectivity index (χ3n) is 4.64. The van der Waals surface area contributed by atoms with Gasteiger partial charge in [0.25, 0.3) is 0 Å². The van der Waals surface area contributed by atoms with Crippen LogP contribution in [0.15, 0.2) is 0 Å². The van der Waals surface area contributed by atoms with Gasteiger partial charge in [0.1, 0.15) is 0 Å². The first-order valence-electron chi connectivity index (χ1n) is 8.87. The van der Waals surface area contributed by atoms with E-state index >= 15 is 0 Å². The molecule has 1 atom stereocenters. The first-order valence-corrected chi connectivity index (χ1v) is 8.87. The molecule has 3 heteroatoms. The van der Waals surface area contributed by atoms with Crippen molar-refractivity contribution in [3.8, 4) is 0 Å². The Balaban J connectivity index is 2.50. The lowest BCUT2D eigenvalue weighted by Crippen LogP contribution is -2.53. The summed E-state index contributed by atoms with van der Waals surface area (Å²) in [6.45, 7) is 23.5. The second-order valence-corrected chi connectivity index (χ2v) is 8.57. The van der Waals surface area contributed by atoms with Gasteiger partial charge in [0.05, 0.1) is 0 Å². The van der Waals surface area contributed by atoms with Crippen LogP contribution in [0.25, 0.3) is 0 Å². The summed E-state index contributed by atoms with van der Waals surface area (Å²) in [6, 6.07) is 0.691. The fourth-order valence-corrected chi connectivity index (χ4v) is 3.28. The molecular formula is C18H39N3. The molecule has 0 saturated carbocycles. The van der Waals surface area contributed by atoms with Crippen LogP contribution < -0.4 is 5.32 Å². The summed E-state index contributed by atoms with van der Waals surface area (Å²) >= 11 is 0. The van der Waals surface area contributed by atoms with Crippen LogP contribution in [0, 0.1) is 5.41 Å². The van der Waals surface area contributed by atoms with Crippen molar-refractivity contribution < 1.29 is 0 Å². The second kappa shape index (κ2) is 7.94. The van der Waals surface area contributed by atoms with Crippen molar-refractivity contribution in [2.24, 2.45) is 5.41 Å². The Bertz CT molecular complexity index is 287. The summed E-state index contributed by atoms with van der Waals surface area (Å²) in [5.74, 6) is 0. The molecular weight excluding hydrogens is 258 g/mol. The molecule has 1 heterocycles. The molecule has 0 aromatic carbocycles. The molecule has 0 bridgehead atoms. The normalized spacial score (nSPS) is 21.7. The quantitative estimate of drug-likeness (QED) is 0.778. The zero-order chi connectivity index (χ0) is 16.1. The van der Waals surface area contributed by atoms with Crippen LogP contribution in [-0.2, 0) is 0 Å². The predicted octanol–water partition coefficient (Wildman–Crippen LogP) is 3.21. The Morgan fingerprint density at radius 1 is 1.00 bits per heavy atom. The van der Waals surface area contributed by atoms with Gasteiger partial charge in [-0.2, -0.15) is 0 Å². The van der Waals surface area contributed by atoms with E-state index in [4.69, 9.17) is 0 Å². The maximum atomic E-state index is 3.73. The van der Waals surface area contributed by atoms with Gasteiger partial charge in [-0.3, -0.25) is 4.90 Å². The van der Waals surface area contributed by atoms with Crippen LogP contribution in [0.4, 0.5) is 0 Å². The van der Waals surface area contributed by atoms with Crippen molar-refractivity contribution in [1.82, 2.24) is 15.1 Å². The number of nitrogens with one attached hydrogen (secondary N) is 1. The van der Waals surface area contributed by atoms with Crippen molar-refractivity contribution in [2.45, 2.75) is 72.9 Å². The molecule has 0 aromatic rings. The Morgan fingerprint density at radius 2 is 1.57 bits per heavy atom. The van der Waals surface area contributed by atoms with E-state index in [2.05, 4.69) is 63.6 Å². The summed E-state index contributed by atoms with van der Waals surface area (Å²) in [5.41, 5.74) is 0.605. The summed E-state index contributed by atoms with van der Waals surface area (Å²) < 4.78 is 0. The minimum Gasteiger partial charge on any atom is -0.311 e. The van der Waals surface area contributed by atoms with Crippen molar-refractivity contribution in [1.29, 1.82) is 0 Å². The molecule has 1 saturated heterocycles. The number of rotatable bonds is 7. The molecule has 0 aliphatic carbocycles. The lowest BCUT2D eigenvalue weighted by atomic mass is 9.84. The van der Waals surface area contributed by atoms with Crippen LogP contribution in [-0.4, -0.2) is 60.6 Å². The van der Waals surface area contributed by atoms with Gasteiger partial charge in [-0.05, 0) is 46.5 Å². The molecule has 1 rings (SSSR count). The average Bonchev–Trinajstić information content (AvgIpc) is 2.37. The van der Waals surface area contributed by atoms with Crippen LogP contribution in [0.2, 0.25) is 0 Å². The van der Waals surface area contributed by atoms with Crippen LogP contribution in [0.3, 0.4) is 0 Å². The van der Waals surface area contributed by atoms with Crippen LogP contribution in [0.5, 0.6) is 0 Å². The summed E-state index contributed by atoms with van der Waals surface area (Å²) in [5, 5.41) is 3.73. The lowest BCUT2D eigenvalue weighted by Gasteiger charge is -2.42. The van der Waals surface area contributed by atoms with Crippen molar-refractivity contribution >= 4 is 0 Å². The molecule has 1 fully saturated rings. The van der Waals surface area contributed by atoms with Crippen molar-refractivity contribution in [2.75, 3.05) is 39.3 Å². The average molecular weight is 298 g/mol. The third-order valence-corrected chi connectivity index (χ3v) is 4.64. The molecule has 3 nitrogen and oxygen atoms in total. The van der Waals surface area contributed by atoms with E-state index in [0.29, 0.717) is 11.5 Å². The van der Waals surface area contributed by atoms with Gasteiger partial charge >= 0.3 is 0 Å². The molecule has 1 aliphatic heterocycles. The van der Waals surface area contributed by atoms with E-state index < -0.39 is 0 Å². The smallest absolute Gasteiger partial charge is 0.0113 e. The predicted molar refractivity (Wildman–Crippen MR) is 93.9 cm³/mol. The maximum Gasteiger partial charge on any atom is 0.0113 e. The van der Waals surface area contributed by atoms with Crippen molar-refractivity contribution in [3.05, 3.63) is 0 Å². The van der Waals surface area contributed by atoms with E-state index in [1.165, 1.54) is 45.6 Å². The lowest BCUT2D eigenvalue weighted by molar-refractivity contribution is 0.0694. The molecule has 1 unspecified atom stereocenters. The maximum absolute atomic E-state index is 3.73. The first kappa shape index (κ1) is 18.9. The Hall–Kier alpha value is -0.120. The Labute approximate surface area is 133 Å². The van der Waals surface area contributed by atoms with Crippen LogP contribution in [0.1, 0.15) is 61.3 Å². The monoisotopic (exact) mass is 297 g/mol. The number of piperazine rings is 1. The number of hydrogen-bond acceptors (Lipinski definition) is 3. The molecule has 0 radical (unpaired) electrons. The highest BCUT2D eigenvalue weighted by Gasteiger charge is 2.29. The van der Waals surface area contributed by atoms with E-state index in [0.717, 1.165) is 6.54 Å². The molecule has 1 N–H and O–H groups in total. The summed E-state index contributed by atoms with van der Waals surface area (Å²) in [4.78, 5) is 5.28. The van der Waals surface area contributed by atoms with E-state index in [1.807, 2.05) is 0 Å². The van der Waals surface area contributed by atoms with E-state index in [9.17, 15) is 0 Å². The minimum absolute atomic E-state index is 0.214. The van der Waals surface area contributed by atoms with Gasteiger partial charge < -0.3 is 10.2 Å². The highest BCUT2D eigenvalue weighted by Crippen LogP contribution is 2.25. The molecule has 0 aromatic heterocycles. The van der Waals surface area contributed by atoms with Gasteiger partial charge in [-0.15, -0.1) is 0 Å². The minimum atomic E-state index is 0.214. The highest BCUT2D eigenvalue weighted by molar-refractivity contribution is 4.86.